The molecule has 0 fully saturated rings. The molecule has 1 aromatic heterocycles. The van der Waals surface area contributed by atoms with Crippen molar-refractivity contribution < 1.29 is 19.5 Å². The average Bonchev–Trinajstić information content (AvgIpc) is 3.26. The Balaban J connectivity index is 1.70. The van der Waals surface area contributed by atoms with Gasteiger partial charge in [-0.3, -0.25) is 19.9 Å². The summed E-state index contributed by atoms with van der Waals surface area (Å²) in [5.41, 5.74) is 3.95. The van der Waals surface area contributed by atoms with Crippen LogP contribution in [0, 0.1) is 0 Å². The molecule has 0 radical (unpaired) electrons. The number of aromatic nitrogens is 2. The number of aromatic amines is 1. The van der Waals surface area contributed by atoms with Gasteiger partial charge in [-0.2, -0.15) is 5.10 Å². The minimum Gasteiger partial charge on any atom is -0.497 e. The molecule has 3 aromatic rings. The van der Waals surface area contributed by atoms with Gasteiger partial charge in [0, 0.05) is 29.6 Å². The molecule has 1 heterocycles. The highest BCUT2D eigenvalue weighted by atomic mass is 16.5. The Morgan fingerprint density at radius 3 is 2.60 bits per heavy atom. The Morgan fingerprint density at radius 2 is 1.87 bits per heavy atom. The van der Waals surface area contributed by atoms with Gasteiger partial charge in [0.05, 0.1) is 18.8 Å². The fourth-order valence-electron chi connectivity index (χ4n) is 3.30. The highest BCUT2D eigenvalue weighted by Gasteiger charge is 2.18. The van der Waals surface area contributed by atoms with Gasteiger partial charge >= 0.3 is 0 Å². The number of carbonyl (C=O) groups excluding carboxylic acids is 2. The van der Waals surface area contributed by atoms with Crippen molar-refractivity contribution in [2.45, 2.75) is 32.1 Å². The summed E-state index contributed by atoms with van der Waals surface area (Å²) in [6, 6.07) is 12.8. The number of benzene rings is 2. The second-order valence-electron chi connectivity index (χ2n) is 7.03. The van der Waals surface area contributed by atoms with Gasteiger partial charge in [-0.25, -0.2) is 5.48 Å². The third-order valence-corrected chi connectivity index (χ3v) is 4.98. The number of carbonyl (C=O) groups is 2. The van der Waals surface area contributed by atoms with E-state index in [9.17, 15) is 9.59 Å². The molecule has 0 aliphatic carbocycles. The first-order valence-corrected chi connectivity index (χ1v) is 9.94. The summed E-state index contributed by atoms with van der Waals surface area (Å²) in [4.78, 5) is 26.1. The van der Waals surface area contributed by atoms with Crippen molar-refractivity contribution in [2.24, 2.45) is 0 Å². The largest absolute Gasteiger partial charge is 0.497 e. The van der Waals surface area contributed by atoms with E-state index in [4.69, 9.17) is 9.94 Å². The smallest absolute Gasteiger partial charge is 0.258 e. The lowest BCUT2D eigenvalue weighted by Crippen LogP contribution is -2.32. The highest BCUT2D eigenvalue weighted by molar-refractivity contribution is 6.06. The standard InChI is InChI=1S/C22H26N4O4/c1-30-19-10-7-16(8-11-19)22(28)26(13-5-3-2-4-6-21(27)25-29)18-9-12-20-17(14-18)15-23-24-20/h7-12,14-15,29H,2-6,13H2,1H3,(H,23,24)(H,25,27). The Bertz CT molecular complexity index is 984. The van der Waals surface area contributed by atoms with Crippen molar-refractivity contribution in [3.05, 3.63) is 54.2 Å². The van der Waals surface area contributed by atoms with E-state index in [1.54, 1.807) is 48.0 Å². The van der Waals surface area contributed by atoms with Crippen molar-refractivity contribution in [2.75, 3.05) is 18.6 Å². The van der Waals surface area contributed by atoms with Crippen LogP contribution in [0.3, 0.4) is 0 Å². The maximum absolute atomic E-state index is 13.2. The number of nitrogens with one attached hydrogen (secondary N) is 2. The topological polar surface area (TPSA) is 108 Å². The van der Waals surface area contributed by atoms with Crippen molar-refractivity contribution >= 4 is 28.4 Å². The number of H-pyrrole nitrogens is 1. The molecule has 0 atom stereocenters. The Morgan fingerprint density at radius 1 is 1.10 bits per heavy atom. The summed E-state index contributed by atoms with van der Waals surface area (Å²) >= 11 is 0. The summed E-state index contributed by atoms with van der Waals surface area (Å²) in [6.07, 6.45) is 5.24. The second-order valence-corrected chi connectivity index (χ2v) is 7.03. The van der Waals surface area contributed by atoms with Gasteiger partial charge in [0.25, 0.3) is 5.91 Å². The zero-order valence-electron chi connectivity index (χ0n) is 16.9. The van der Waals surface area contributed by atoms with Crippen LogP contribution in [0.5, 0.6) is 5.75 Å². The molecule has 0 aliphatic rings. The molecule has 2 amide bonds. The van der Waals surface area contributed by atoms with Crippen LogP contribution in [0.25, 0.3) is 10.9 Å². The van der Waals surface area contributed by atoms with Crippen molar-refractivity contribution in [1.29, 1.82) is 0 Å². The molecule has 30 heavy (non-hydrogen) atoms. The quantitative estimate of drug-likeness (QED) is 0.268. The summed E-state index contributed by atoms with van der Waals surface area (Å²) in [6.45, 7) is 0.556. The number of hydroxylamine groups is 1. The van der Waals surface area contributed by atoms with E-state index < -0.39 is 0 Å². The van der Waals surface area contributed by atoms with Gasteiger partial charge in [0.15, 0.2) is 0 Å². The predicted octanol–water partition coefficient (Wildman–Crippen LogP) is 3.67. The molecule has 0 aliphatic heterocycles. The van der Waals surface area contributed by atoms with Crippen molar-refractivity contribution in [1.82, 2.24) is 15.7 Å². The molecule has 2 aromatic carbocycles. The SMILES string of the molecule is COc1ccc(C(=O)N(CCCCCCC(=O)NO)c2ccc3[nH]ncc3c2)cc1. The molecule has 3 N–H and O–H groups in total. The van der Waals surface area contributed by atoms with Gasteiger partial charge in [-0.15, -0.1) is 0 Å². The van der Waals surface area contributed by atoms with Crippen molar-refractivity contribution in [3.8, 4) is 5.75 Å². The average molecular weight is 410 g/mol. The van der Waals surface area contributed by atoms with E-state index in [0.717, 1.165) is 35.9 Å². The maximum Gasteiger partial charge on any atom is 0.258 e. The van der Waals surface area contributed by atoms with E-state index in [1.165, 1.54) is 0 Å². The molecule has 8 heteroatoms. The molecule has 0 unspecified atom stereocenters. The van der Waals surface area contributed by atoms with Crippen LogP contribution >= 0.6 is 0 Å². The second kappa shape index (κ2) is 10.4. The molecule has 3 rings (SSSR count). The molecule has 158 valence electrons. The fourth-order valence-corrected chi connectivity index (χ4v) is 3.30. The van der Waals surface area contributed by atoms with Crippen molar-refractivity contribution in [3.63, 3.8) is 0 Å². The predicted molar refractivity (Wildman–Crippen MR) is 114 cm³/mol. The Hall–Kier alpha value is -3.39. The lowest BCUT2D eigenvalue weighted by molar-refractivity contribution is -0.129. The minimum atomic E-state index is -0.375. The first kappa shape index (κ1) is 21.3. The van der Waals surface area contributed by atoms with E-state index in [1.807, 2.05) is 18.2 Å². The monoisotopic (exact) mass is 410 g/mol. The lowest BCUT2D eigenvalue weighted by Gasteiger charge is -2.23. The number of unbranched alkanes of at least 4 members (excludes halogenated alkanes) is 3. The number of rotatable bonds is 10. The van der Waals surface area contributed by atoms with E-state index in [0.29, 0.717) is 30.7 Å². The van der Waals surface area contributed by atoms with Gasteiger partial charge in [-0.05, 0) is 55.3 Å². The third-order valence-electron chi connectivity index (χ3n) is 4.98. The first-order chi connectivity index (χ1) is 14.6. The maximum atomic E-state index is 13.2. The number of fused-ring (bicyclic) bond motifs is 1. The fraction of sp³-hybridized carbons (Fsp3) is 0.318. The minimum absolute atomic E-state index is 0.0832. The molecule has 8 nitrogen and oxygen atoms in total. The summed E-state index contributed by atoms with van der Waals surface area (Å²) in [7, 11) is 1.59. The zero-order chi connectivity index (χ0) is 21.3. The zero-order valence-corrected chi connectivity index (χ0v) is 16.9. The van der Waals surface area contributed by atoms with Gasteiger partial charge in [-0.1, -0.05) is 12.8 Å². The van der Waals surface area contributed by atoms with Crippen LogP contribution in [0.2, 0.25) is 0 Å². The molecular formula is C22H26N4O4. The molecular weight excluding hydrogens is 384 g/mol. The van der Waals surface area contributed by atoms with Gasteiger partial charge < -0.3 is 9.64 Å². The lowest BCUT2D eigenvalue weighted by atomic mass is 10.1. The Labute approximate surface area is 174 Å². The number of anilines is 1. The first-order valence-electron chi connectivity index (χ1n) is 9.94. The summed E-state index contributed by atoms with van der Waals surface area (Å²) < 4.78 is 5.18. The molecule has 0 bridgehead atoms. The van der Waals surface area contributed by atoms with Crippen LogP contribution < -0.4 is 15.1 Å². The number of methoxy groups -OCH3 is 1. The number of nitrogens with zero attached hydrogens (tertiary/aromatic N) is 2. The summed E-state index contributed by atoms with van der Waals surface area (Å²) in [5, 5.41) is 16.4. The van der Waals surface area contributed by atoms with Gasteiger partial charge in [0.2, 0.25) is 5.91 Å². The molecule has 0 saturated heterocycles. The number of ether oxygens (including phenoxy) is 1. The Kier molecular flexibility index (Phi) is 7.40. The normalized spacial score (nSPS) is 10.7. The summed E-state index contributed by atoms with van der Waals surface area (Å²) in [5.74, 6) is 0.240. The highest BCUT2D eigenvalue weighted by Crippen LogP contribution is 2.24. The number of amides is 2. The van der Waals surface area contributed by atoms with E-state index in [-0.39, 0.29) is 11.8 Å². The van der Waals surface area contributed by atoms with Gasteiger partial charge in [0.1, 0.15) is 5.75 Å². The van der Waals surface area contributed by atoms with Crippen LogP contribution in [0.1, 0.15) is 42.5 Å². The molecule has 0 spiro atoms. The number of hydrogen-bond acceptors (Lipinski definition) is 5. The van der Waals surface area contributed by atoms with Crippen LogP contribution in [-0.4, -0.2) is 40.9 Å². The van der Waals surface area contributed by atoms with Crippen LogP contribution in [0.15, 0.2) is 48.7 Å². The van der Waals surface area contributed by atoms with Crippen LogP contribution in [0.4, 0.5) is 5.69 Å². The number of hydrogen-bond donors (Lipinski definition) is 3. The van der Waals surface area contributed by atoms with E-state index >= 15 is 0 Å². The van der Waals surface area contributed by atoms with E-state index in [2.05, 4.69) is 10.2 Å². The van der Waals surface area contributed by atoms with Crippen LogP contribution in [-0.2, 0) is 4.79 Å². The third kappa shape index (κ3) is 5.36. The molecule has 0 saturated carbocycles.